The van der Waals surface area contributed by atoms with Crippen LogP contribution in [0.15, 0.2) is 36.4 Å². The van der Waals surface area contributed by atoms with Crippen molar-refractivity contribution >= 4 is 23.5 Å². The summed E-state index contributed by atoms with van der Waals surface area (Å²) in [6.45, 7) is 6.93. The van der Waals surface area contributed by atoms with E-state index in [0.717, 1.165) is 31.0 Å². The SMILES string of the molecule is CC(C)(C)OC(=O)N1CCC(Cc2cccc(CC(=O)c3ccc(F)cc3Cl)n2)CC1. The minimum Gasteiger partial charge on any atom is -0.444 e. The Hall–Kier alpha value is -2.47. The summed E-state index contributed by atoms with van der Waals surface area (Å²) >= 11 is 6.00. The van der Waals surface area contributed by atoms with E-state index in [-0.39, 0.29) is 23.3 Å². The lowest BCUT2D eigenvalue weighted by atomic mass is 9.92. The second kappa shape index (κ2) is 9.77. The minimum absolute atomic E-state index is 0.107. The van der Waals surface area contributed by atoms with Crippen molar-refractivity contribution in [2.75, 3.05) is 13.1 Å². The number of pyridine rings is 1. The number of halogens is 2. The molecule has 166 valence electrons. The second-order valence-corrected chi connectivity index (χ2v) is 9.37. The Bertz CT molecular complexity index is 950. The molecule has 2 aromatic rings. The Morgan fingerprint density at radius 1 is 1.16 bits per heavy atom. The number of carbonyl (C=O) groups is 2. The van der Waals surface area contributed by atoms with Crippen molar-refractivity contribution in [1.82, 2.24) is 9.88 Å². The van der Waals surface area contributed by atoms with E-state index in [1.807, 2.05) is 39.0 Å². The van der Waals surface area contributed by atoms with Crippen molar-refractivity contribution in [2.24, 2.45) is 5.92 Å². The zero-order chi connectivity index (χ0) is 22.6. The molecule has 1 saturated heterocycles. The highest BCUT2D eigenvalue weighted by Crippen LogP contribution is 2.23. The molecule has 1 amide bonds. The standard InChI is InChI=1S/C24H28ClFN2O3/c1-24(2,3)31-23(30)28-11-9-16(10-12-28)13-18-5-4-6-19(27-18)15-22(29)20-8-7-17(26)14-21(20)25/h4-8,14,16H,9-13,15H2,1-3H3. The molecule has 3 rings (SSSR count). The van der Waals surface area contributed by atoms with E-state index < -0.39 is 11.4 Å². The van der Waals surface area contributed by atoms with Crippen molar-refractivity contribution in [3.63, 3.8) is 0 Å². The summed E-state index contributed by atoms with van der Waals surface area (Å²) in [5.74, 6) is -0.247. The number of amides is 1. The van der Waals surface area contributed by atoms with E-state index in [1.165, 1.54) is 12.1 Å². The fraction of sp³-hybridized carbons (Fsp3) is 0.458. The summed E-state index contributed by atoms with van der Waals surface area (Å²) < 4.78 is 18.7. The van der Waals surface area contributed by atoms with Gasteiger partial charge in [-0.3, -0.25) is 9.78 Å². The normalized spacial score (nSPS) is 15.1. The van der Waals surface area contributed by atoms with Crippen LogP contribution in [0.2, 0.25) is 5.02 Å². The Labute approximate surface area is 187 Å². The van der Waals surface area contributed by atoms with Crippen LogP contribution >= 0.6 is 11.6 Å². The Balaban J connectivity index is 1.55. The Kier molecular flexibility index (Phi) is 7.31. The summed E-state index contributed by atoms with van der Waals surface area (Å²) in [5, 5.41) is 0.109. The van der Waals surface area contributed by atoms with E-state index in [1.54, 1.807) is 4.90 Å². The monoisotopic (exact) mass is 446 g/mol. The first-order chi connectivity index (χ1) is 14.6. The molecule has 1 aliphatic heterocycles. The van der Waals surface area contributed by atoms with Crippen LogP contribution in [0.25, 0.3) is 0 Å². The maximum Gasteiger partial charge on any atom is 0.410 e. The second-order valence-electron chi connectivity index (χ2n) is 8.96. The number of ketones is 1. The molecule has 2 heterocycles. The molecule has 0 spiro atoms. The van der Waals surface area contributed by atoms with Crippen LogP contribution in [-0.4, -0.2) is 40.5 Å². The first-order valence-electron chi connectivity index (χ1n) is 10.5. The number of aromatic nitrogens is 1. The third kappa shape index (κ3) is 6.76. The molecular formula is C24H28ClFN2O3. The molecule has 0 N–H and O–H groups in total. The van der Waals surface area contributed by atoms with Gasteiger partial charge in [-0.15, -0.1) is 0 Å². The van der Waals surface area contributed by atoms with Crippen molar-refractivity contribution in [3.8, 4) is 0 Å². The van der Waals surface area contributed by atoms with Gasteiger partial charge in [-0.05, 0) is 76.3 Å². The van der Waals surface area contributed by atoms with Gasteiger partial charge >= 0.3 is 6.09 Å². The fourth-order valence-electron chi connectivity index (χ4n) is 3.66. The van der Waals surface area contributed by atoms with Crippen molar-refractivity contribution in [1.29, 1.82) is 0 Å². The number of rotatable bonds is 5. The average molecular weight is 447 g/mol. The van der Waals surface area contributed by atoms with Crippen LogP contribution in [-0.2, 0) is 17.6 Å². The fourth-order valence-corrected chi connectivity index (χ4v) is 3.93. The zero-order valence-electron chi connectivity index (χ0n) is 18.2. The van der Waals surface area contributed by atoms with Gasteiger partial charge in [0.2, 0.25) is 0 Å². The summed E-state index contributed by atoms with van der Waals surface area (Å²) in [6, 6.07) is 9.44. The average Bonchev–Trinajstić information content (AvgIpc) is 2.67. The van der Waals surface area contributed by atoms with Gasteiger partial charge in [0.1, 0.15) is 11.4 Å². The third-order valence-corrected chi connectivity index (χ3v) is 5.51. The largest absolute Gasteiger partial charge is 0.444 e. The summed E-state index contributed by atoms with van der Waals surface area (Å²) in [5.41, 5.74) is 1.39. The molecule has 0 bridgehead atoms. The molecule has 0 saturated carbocycles. The van der Waals surface area contributed by atoms with Crippen molar-refractivity contribution in [2.45, 2.75) is 52.1 Å². The number of nitrogens with zero attached hydrogens (tertiary/aromatic N) is 2. The predicted octanol–water partition coefficient (Wildman–Crippen LogP) is 5.49. The number of piperidine rings is 1. The van der Waals surface area contributed by atoms with Crippen LogP contribution in [0.4, 0.5) is 9.18 Å². The van der Waals surface area contributed by atoms with Gasteiger partial charge in [0, 0.05) is 30.0 Å². The Morgan fingerprint density at radius 3 is 2.48 bits per heavy atom. The molecule has 7 heteroatoms. The van der Waals surface area contributed by atoms with Crippen LogP contribution < -0.4 is 0 Å². The summed E-state index contributed by atoms with van der Waals surface area (Å²) in [4.78, 5) is 31.2. The quantitative estimate of drug-likeness (QED) is 0.570. The van der Waals surface area contributed by atoms with E-state index in [4.69, 9.17) is 16.3 Å². The lowest BCUT2D eigenvalue weighted by Gasteiger charge is -2.33. The smallest absolute Gasteiger partial charge is 0.410 e. The van der Waals surface area contributed by atoms with Crippen LogP contribution in [0, 0.1) is 11.7 Å². The number of ether oxygens (including phenoxy) is 1. The van der Waals surface area contributed by atoms with Crippen LogP contribution in [0.1, 0.15) is 55.4 Å². The number of benzene rings is 1. The molecule has 1 fully saturated rings. The highest BCUT2D eigenvalue weighted by atomic mass is 35.5. The molecule has 0 radical (unpaired) electrons. The van der Waals surface area contributed by atoms with Gasteiger partial charge in [0.25, 0.3) is 0 Å². The lowest BCUT2D eigenvalue weighted by Crippen LogP contribution is -2.42. The topological polar surface area (TPSA) is 59.5 Å². The summed E-state index contributed by atoms with van der Waals surface area (Å²) in [6.07, 6.45) is 2.41. The molecule has 31 heavy (non-hydrogen) atoms. The highest BCUT2D eigenvalue weighted by molar-refractivity contribution is 6.34. The molecule has 1 aromatic carbocycles. The van der Waals surface area contributed by atoms with E-state index in [2.05, 4.69) is 4.98 Å². The van der Waals surface area contributed by atoms with E-state index in [0.29, 0.717) is 30.3 Å². The van der Waals surface area contributed by atoms with Gasteiger partial charge in [-0.2, -0.15) is 0 Å². The molecule has 0 atom stereocenters. The van der Waals surface area contributed by atoms with Crippen LogP contribution in [0.3, 0.4) is 0 Å². The van der Waals surface area contributed by atoms with Gasteiger partial charge in [-0.1, -0.05) is 17.7 Å². The highest BCUT2D eigenvalue weighted by Gasteiger charge is 2.27. The molecule has 0 unspecified atom stereocenters. The van der Waals surface area contributed by atoms with Gasteiger partial charge in [0.05, 0.1) is 11.4 Å². The predicted molar refractivity (Wildman–Crippen MR) is 118 cm³/mol. The molecular weight excluding hydrogens is 419 g/mol. The Morgan fingerprint density at radius 2 is 1.84 bits per heavy atom. The van der Waals surface area contributed by atoms with Gasteiger partial charge in [-0.25, -0.2) is 9.18 Å². The molecule has 1 aromatic heterocycles. The number of Topliss-reactive ketones (excluding diaryl/α,β-unsaturated/α-hetero) is 1. The zero-order valence-corrected chi connectivity index (χ0v) is 18.9. The number of hydrogen-bond acceptors (Lipinski definition) is 4. The van der Waals surface area contributed by atoms with Gasteiger partial charge < -0.3 is 9.64 Å². The first-order valence-corrected chi connectivity index (χ1v) is 10.9. The van der Waals surface area contributed by atoms with Crippen molar-refractivity contribution < 1.29 is 18.7 Å². The number of hydrogen-bond donors (Lipinski definition) is 0. The van der Waals surface area contributed by atoms with Crippen molar-refractivity contribution in [3.05, 3.63) is 64.2 Å². The molecule has 5 nitrogen and oxygen atoms in total. The van der Waals surface area contributed by atoms with Crippen LogP contribution in [0.5, 0.6) is 0 Å². The lowest BCUT2D eigenvalue weighted by molar-refractivity contribution is 0.0184. The summed E-state index contributed by atoms with van der Waals surface area (Å²) in [7, 11) is 0. The maximum atomic E-state index is 13.2. The number of carbonyl (C=O) groups excluding carboxylic acids is 2. The first kappa shape index (κ1) is 23.2. The third-order valence-electron chi connectivity index (χ3n) is 5.20. The van der Waals surface area contributed by atoms with Gasteiger partial charge in [0.15, 0.2) is 5.78 Å². The number of likely N-dealkylation sites (tertiary alicyclic amines) is 1. The van der Waals surface area contributed by atoms with E-state index in [9.17, 15) is 14.0 Å². The molecule has 1 aliphatic rings. The minimum atomic E-state index is -0.492. The maximum absolute atomic E-state index is 13.2. The molecule has 0 aliphatic carbocycles. The van der Waals surface area contributed by atoms with E-state index >= 15 is 0 Å².